The second-order valence-electron chi connectivity index (χ2n) is 4.86. The molecule has 1 fully saturated rings. The van der Waals surface area contributed by atoms with E-state index in [-0.39, 0.29) is 0 Å². The fourth-order valence-corrected chi connectivity index (χ4v) is 1.98. The minimum atomic E-state index is -4.07. The maximum Gasteiger partial charge on any atom is 0.401 e. The van der Waals surface area contributed by atoms with Crippen LogP contribution < -0.4 is 5.32 Å². The van der Waals surface area contributed by atoms with Gasteiger partial charge in [0.1, 0.15) is 0 Å². The second-order valence-corrected chi connectivity index (χ2v) is 4.86. The van der Waals surface area contributed by atoms with Gasteiger partial charge in [-0.15, -0.1) is 0 Å². The van der Waals surface area contributed by atoms with Crippen LogP contribution in [0.5, 0.6) is 0 Å². The minimum Gasteiger partial charge on any atom is -0.310 e. The van der Waals surface area contributed by atoms with Crippen molar-refractivity contribution in [3.8, 4) is 0 Å². The summed E-state index contributed by atoms with van der Waals surface area (Å²) in [6.07, 6.45) is -0.371. The van der Waals surface area contributed by atoms with Crippen LogP contribution in [0.15, 0.2) is 11.6 Å². The monoisotopic (exact) mass is 250 g/mol. The maximum atomic E-state index is 12.2. The summed E-state index contributed by atoms with van der Waals surface area (Å²) < 4.78 is 36.5. The maximum absolute atomic E-state index is 12.2. The van der Waals surface area contributed by atoms with Gasteiger partial charge in [-0.3, -0.25) is 4.90 Å². The van der Waals surface area contributed by atoms with Gasteiger partial charge in [0, 0.05) is 12.6 Å². The molecule has 0 aromatic carbocycles. The van der Waals surface area contributed by atoms with E-state index >= 15 is 0 Å². The van der Waals surface area contributed by atoms with Crippen molar-refractivity contribution >= 4 is 0 Å². The van der Waals surface area contributed by atoms with Crippen LogP contribution in [0.25, 0.3) is 0 Å². The van der Waals surface area contributed by atoms with Crippen molar-refractivity contribution in [2.45, 2.75) is 38.9 Å². The van der Waals surface area contributed by atoms with Crippen molar-refractivity contribution in [1.82, 2.24) is 10.2 Å². The smallest absolute Gasteiger partial charge is 0.310 e. The molecule has 100 valence electrons. The van der Waals surface area contributed by atoms with Crippen molar-refractivity contribution in [3.05, 3.63) is 11.6 Å². The van der Waals surface area contributed by atoms with E-state index in [1.165, 1.54) is 10.5 Å². The quantitative estimate of drug-likeness (QED) is 0.771. The Labute approximate surface area is 101 Å². The van der Waals surface area contributed by atoms with Gasteiger partial charge in [-0.25, -0.2) is 0 Å². The molecular weight excluding hydrogens is 229 g/mol. The fourth-order valence-electron chi connectivity index (χ4n) is 1.98. The van der Waals surface area contributed by atoms with Gasteiger partial charge in [-0.05, 0) is 39.8 Å². The molecule has 1 aliphatic rings. The van der Waals surface area contributed by atoms with Crippen LogP contribution in [0, 0.1) is 0 Å². The van der Waals surface area contributed by atoms with Gasteiger partial charge in [0.2, 0.25) is 0 Å². The SMILES string of the molecule is CC(C)=CCNC1CCN(CC(F)(F)F)CC1. The number of piperidine rings is 1. The molecule has 0 bridgehead atoms. The van der Waals surface area contributed by atoms with E-state index in [4.69, 9.17) is 0 Å². The lowest BCUT2D eigenvalue weighted by Gasteiger charge is -2.32. The van der Waals surface area contributed by atoms with Gasteiger partial charge in [0.25, 0.3) is 0 Å². The molecule has 1 aliphatic heterocycles. The summed E-state index contributed by atoms with van der Waals surface area (Å²) in [5.41, 5.74) is 1.26. The number of hydrogen-bond acceptors (Lipinski definition) is 2. The van der Waals surface area contributed by atoms with Crippen LogP contribution in [-0.2, 0) is 0 Å². The predicted molar refractivity (Wildman–Crippen MR) is 63.0 cm³/mol. The summed E-state index contributed by atoms with van der Waals surface area (Å²) in [6.45, 7) is 5.18. The molecule has 0 aliphatic carbocycles. The van der Waals surface area contributed by atoms with Gasteiger partial charge < -0.3 is 5.32 Å². The van der Waals surface area contributed by atoms with Crippen LogP contribution in [0.2, 0.25) is 0 Å². The number of halogens is 3. The molecule has 1 N–H and O–H groups in total. The number of hydrogen-bond donors (Lipinski definition) is 1. The zero-order chi connectivity index (χ0) is 12.9. The summed E-state index contributed by atoms with van der Waals surface area (Å²) >= 11 is 0. The molecule has 0 saturated carbocycles. The molecule has 0 radical (unpaired) electrons. The molecule has 2 nitrogen and oxygen atoms in total. The Morgan fingerprint density at radius 1 is 1.29 bits per heavy atom. The molecule has 0 amide bonds. The number of allylic oxidation sites excluding steroid dienone is 1. The van der Waals surface area contributed by atoms with Crippen LogP contribution in [0.3, 0.4) is 0 Å². The largest absolute Gasteiger partial charge is 0.401 e. The number of rotatable bonds is 4. The Morgan fingerprint density at radius 3 is 2.35 bits per heavy atom. The van der Waals surface area contributed by atoms with Gasteiger partial charge in [0.15, 0.2) is 0 Å². The first-order chi connectivity index (χ1) is 7.87. The highest BCUT2D eigenvalue weighted by Crippen LogP contribution is 2.19. The van der Waals surface area contributed by atoms with Crippen molar-refractivity contribution < 1.29 is 13.2 Å². The van der Waals surface area contributed by atoms with Gasteiger partial charge in [0.05, 0.1) is 6.54 Å². The third-order valence-corrected chi connectivity index (χ3v) is 2.91. The highest BCUT2D eigenvalue weighted by molar-refractivity contribution is 4.95. The number of nitrogens with one attached hydrogen (secondary N) is 1. The zero-order valence-corrected chi connectivity index (χ0v) is 10.5. The summed E-state index contributed by atoms with van der Waals surface area (Å²) in [5, 5.41) is 3.35. The predicted octanol–water partition coefficient (Wildman–Crippen LogP) is 2.57. The Hall–Kier alpha value is -0.550. The summed E-state index contributed by atoms with van der Waals surface area (Å²) in [6, 6.07) is 0.357. The van der Waals surface area contributed by atoms with E-state index < -0.39 is 12.7 Å². The first kappa shape index (κ1) is 14.5. The summed E-state index contributed by atoms with van der Waals surface area (Å²) in [7, 11) is 0. The second kappa shape index (κ2) is 6.40. The Kier molecular flexibility index (Phi) is 5.46. The van der Waals surface area contributed by atoms with E-state index in [1.54, 1.807) is 0 Å². The average molecular weight is 250 g/mol. The lowest BCUT2D eigenvalue weighted by molar-refractivity contribution is -0.148. The lowest BCUT2D eigenvalue weighted by atomic mass is 10.1. The third-order valence-electron chi connectivity index (χ3n) is 2.91. The van der Waals surface area contributed by atoms with Crippen molar-refractivity contribution in [2.24, 2.45) is 0 Å². The van der Waals surface area contributed by atoms with E-state index in [0.717, 1.165) is 19.4 Å². The molecule has 0 unspecified atom stereocenters. The topological polar surface area (TPSA) is 15.3 Å². The third kappa shape index (κ3) is 6.68. The Morgan fingerprint density at radius 2 is 1.88 bits per heavy atom. The highest BCUT2D eigenvalue weighted by atomic mass is 19.4. The molecule has 5 heteroatoms. The van der Waals surface area contributed by atoms with E-state index in [0.29, 0.717) is 19.1 Å². The van der Waals surface area contributed by atoms with Gasteiger partial charge in [-0.1, -0.05) is 11.6 Å². The molecule has 17 heavy (non-hydrogen) atoms. The first-order valence-corrected chi connectivity index (χ1v) is 6.02. The molecule has 0 atom stereocenters. The molecule has 1 rings (SSSR count). The Balaban J connectivity index is 2.20. The molecule has 0 spiro atoms. The molecule has 1 saturated heterocycles. The first-order valence-electron chi connectivity index (χ1n) is 6.02. The van der Waals surface area contributed by atoms with E-state index in [2.05, 4.69) is 11.4 Å². The van der Waals surface area contributed by atoms with Gasteiger partial charge in [-0.2, -0.15) is 13.2 Å². The van der Waals surface area contributed by atoms with E-state index in [9.17, 15) is 13.2 Å². The van der Waals surface area contributed by atoms with Crippen molar-refractivity contribution in [3.63, 3.8) is 0 Å². The highest BCUT2D eigenvalue weighted by Gasteiger charge is 2.32. The molecule has 0 aromatic heterocycles. The van der Waals surface area contributed by atoms with Crippen LogP contribution in [-0.4, -0.2) is 43.3 Å². The number of alkyl halides is 3. The van der Waals surface area contributed by atoms with Crippen LogP contribution in [0.1, 0.15) is 26.7 Å². The Bertz CT molecular complexity index is 249. The molecule has 1 heterocycles. The molecular formula is C12H21F3N2. The zero-order valence-electron chi connectivity index (χ0n) is 10.5. The number of nitrogens with zero attached hydrogens (tertiary/aromatic N) is 1. The lowest BCUT2D eigenvalue weighted by Crippen LogP contribution is -2.45. The van der Waals surface area contributed by atoms with Gasteiger partial charge >= 0.3 is 6.18 Å². The molecule has 0 aromatic rings. The summed E-state index contributed by atoms with van der Waals surface area (Å²) in [5.74, 6) is 0. The normalized spacial score (nSPS) is 19.4. The number of likely N-dealkylation sites (tertiary alicyclic amines) is 1. The standard InChI is InChI=1S/C12H21F3N2/c1-10(2)3-6-16-11-4-7-17(8-5-11)9-12(13,14)15/h3,11,16H,4-9H2,1-2H3. The fraction of sp³-hybridized carbons (Fsp3) is 0.833. The van der Waals surface area contributed by atoms with Crippen molar-refractivity contribution in [2.75, 3.05) is 26.2 Å². The van der Waals surface area contributed by atoms with Crippen LogP contribution in [0.4, 0.5) is 13.2 Å². The van der Waals surface area contributed by atoms with Crippen molar-refractivity contribution in [1.29, 1.82) is 0 Å². The minimum absolute atomic E-state index is 0.357. The van der Waals surface area contributed by atoms with E-state index in [1.807, 2.05) is 13.8 Å². The average Bonchev–Trinajstić information content (AvgIpc) is 2.18. The van der Waals surface area contributed by atoms with Crippen LogP contribution >= 0.6 is 0 Å². The summed E-state index contributed by atoms with van der Waals surface area (Å²) in [4.78, 5) is 1.49.